The van der Waals surface area contributed by atoms with Crippen LogP contribution >= 0.6 is 35.3 Å². The number of halogens is 1. The van der Waals surface area contributed by atoms with Gasteiger partial charge in [0.1, 0.15) is 0 Å². The summed E-state index contributed by atoms with van der Waals surface area (Å²) in [5.41, 5.74) is 0. The zero-order valence-corrected chi connectivity index (χ0v) is 13.4. The lowest BCUT2D eigenvalue weighted by Crippen LogP contribution is -2.36. The Morgan fingerprint density at radius 3 is 2.56 bits per heavy atom. The monoisotopic (exact) mass is 353 g/mol. The molecule has 0 spiro atoms. The third kappa shape index (κ3) is 5.16. The van der Waals surface area contributed by atoms with Crippen molar-refractivity contribution in [1.29, 1.82) is 0 Å². The summed E-state index contributed by atoms with van der Waals surface area (Å²) in [6.07, 6.45) is 0. The molecular formula is C11H20IN3S. The molecule has 1 N–H and O–H groups in total. The highest BCUT2D eigenvalue weighted by Crippen LogP contribution is 2.15. The first-order valence-electron chi connectivity index (χ1n) is 5.14. The van der Waals surface area contributed by atoms with Gasteiger partial charge in [0, 0.05) is 30.4 Å². The number of hydrogen-bond acceptors (Lipinski definition) is 2. The Balaban J connectivity index is 0.00000225. The number of rotatable bonds is 3. The van der Waals surface area contributed by atoms with Gasteiger partial charge in [-0.3, -0.25) is 0 Å². The first kappa shape index (κ1) is 15.7. The maximum absolute atomic E-state index is 4.54. The highest BCUT2D eigenvalue weighted by atomic mass is 127. The molecule has 1 rings (SSSR count). The van der Waals surface area contributed by atoms with Crippen LogP contribution in [0.3, 0.4) is 0 Å². The molecule has 0 unspecified atom stereocenters. The maximum atomic E-state index is 4.54. The van der Waals surface area contributed by atoms with E-state index in [1.165, 1.54) is 9.75 Å². The van der Waals surface area contributed by atoms with E-state index >= 15 is 0 Å². The van der Waals surface area contributed by atoms with E-state index in [4.69, 9.17) is 0 Å². The largest absolute Gasteiger partial charge is 0.357 e. The summed E-state index contributed by atoms with van der Waals surface area (Å²) >= 11 is 1.81. The van der Waals surface area contributed by atoms with E-state index < -0.39 is 0 Å². The zero-order valence-electron chi connectivity index (χ0n) is 10.3. The van der Waals surface area contributed by atoms with E-state index in [9.17, 15) is 0 Å². The maximum Gasteiger partial charge on any atom is 0.193 e. The SMILES string of the molecule is CCNC(=NCc1ccc(C)s1)N(C)C.I. The Bertz CT molecular complexity index is 334. The molecule has 1 heterocycles. The molecule has 0 aliphatic rings. The molecule has 16 heavy (non-hydrogen) atoms. The van der Waals surface area contributed by atoms with Crippen LogP contribution in [-0.2, 0) is 6.54 Å². The van der Waals surface area contributed by atoms with Crippen molar-refractivity contribution in [1.82, 2.24) is 10.2 Å². The lowest BCUT2D eigenvalue weighted by molar-refractivity contribution is 0.583. The molecule has 0 aliphatic carbocycles. The number of guanidine groups is 1. The summed E-state index contributed by atoms with van der Waals surface area (Å²) in [6.45, 7) is 5.86. The predicted octanol–water partition coefficient (Wildman–Crippen LogP) is 2.70. The topological polar surface area (TPSA) is 27.6 Å². The molecule has 0 aromatic carbocycles. The number of aryl methyl sites for hydroxylation is 1. The fourth-order valence-corrected chi connectivity index (χ4v) is 2.05. The van der Waals surface area contributed by atoms with Gasteiger partial charge in [0.15, 0.2) is 5.96 Å². The minimum Gasteiger partial charge on any atom is -0.357 e. The first-order valence-corrected chi connectivity index (χ1v) is 5.96. The third-order valence-electron chi connectivity index (χ3n) is 1.94. The van der Waals surface area contributed by atoms with E-state index in [1.807, 2.05) is 19.0 Å². The summed E-state index contributed by atoms with van der Waals surface area (Å²) in [5, 5.41) is 3.24. The number of nitrogens with zero attached hydrogens (tertiary/aromatic N) is 2. The fourth-order valence-electron chi connectivity index (χ4n) is 1.24. The van der Waals surface area contributed by atoms with Gasteiger partial charge in [0.2, 0.25) is 0 Å². The third-order valence-corrected chi connectivity index (χ3v) is 2.92. The summed E-state index contributed by atoms with van der Waals surface area (Å²) < 4.78 is 0. The normalized spacial score (nSPS) is 10.9. The van der Waals surface area contributed by atoms with Crippen molar-refractivity contribution in [3.63, 3.8) is 0 Å². The van der Waals surface area contributed by atoms with Gasteiger partial charge in [-0.1, -0.05) is 0 Å². The second-order valence-electron chi connectivity index (χ2n) is 3.58. The Labute approximate surface area is 119 Å². The predicted molar refractivity (Wildman–Crippen MR) is 83.0 cm³/mol. The van der Waals surface area contributed by atoms with E-state index in [-0.39, 0.29) is 24.0 Å². The van der Waals surface area contributed by atoms with E-state index in [0.29, 0.717) is 0 Å². The minimum atomic E-state index is 0. The van der Waals surface area contributed by atoms with Crippen molar-refractivity contribution >= 4 is 41.3 Å². The summed E-state index contributed by atoms with van der Waals surface area (Å²) in [4.78, 5) is 9.19. The van der Waals surface area contributed by atoms with Gasteiger partial charge in [-0.2, -0.15) is 0 Å². The Morgan fingerprint density at radius 2 is 2.12 bits per heavy atom. The molecule has 92 valence electrons. The standard InChI is InChI=1S/C11H19N3S.HI/c1-5-12-11(14(3)4)13-8-10-7-6-9(2)15-10;/h6-7H,5,8H2,1-4H3,(H,12,13);1H. The molecule has 5 heteroatoms. The lowest BCUT2D eigenvalue weighted by Gasteiger charge is -2.16. The van der Waals surface area contributed by atoms with Crippen LogP contribution in [0.4, 0.5) is 0 Å². The molecule has 1 aromatic rings. The van der Waals surface area contributed by atoms with E-state index in [2.05, 4.69) is 36.3 Å². The van der Waals surface area contributed by atoms with Crippen molar-refractivity contribution in [2.75, 3.05) is 20.6 Å². The van der Waals surface area contributed by atoms with Gasteiger partial charge in [-0.15, -0.1) is 35.3 Å². The van der Waals surface area contributed by atoms with Crippen LogP contribution in [0.1, 0.15) is 16.7 Å². The Kier molecular flexibility index (Phi) is 7.74. The fraction of sp³-hybridized carbons (Fsp3) is 0.545. The van der Waals surface area contributed by atoms with Gasteiger partial charge in [-0.25, -0.2) is 4.99 Å². The van der Waals surface area contributed by atoms with E-state index in [0.717, 1.165) is 19.0 Å². The van der Waals surface area contributed by atoms with Crippen molar-refractivity contribution < 1.29 is 0 Å². The highest BCUT2D eigenvalue weighted by Gasteiger charge is 2.00. The molecule has 3 nitrogen and oxygen atoms in total. The Morgan fingerprint density at radius 1 is 1.44 bits per heavy atom. The van der Waals surface area contributed by atoms with Crippen molar-refractivity contribution in [2.45, 2.75) is 20.4 Å². The van der Waals surface area contributed by atoms with E-state index in [1.54, 1.807) is 11.3 Å². The second-order valence-corrected chi connectivity index (χ2v) is 4.95. The van der Waals surface area contributed by atoms with Crippen molar-refractivity contribution in [3.8, 4) is 0 Å². The average Bonchev–Trinajstić information content (AvgIpc) is 2.58. The lowest BCUT2D eigenvalue weighted by atomic mass is 10.4. The molecule has 0 saturated heterocycles. The molecule has 0 amide bonds. The van der Waals surface area contributed by atoms with Crippen LogP contribution in [0.15, 0.2) is 17.1 Å². The van der Waals surface area contributed by atoms with Crippen molar-refractivity contribution in [3.05, 3.63) is 21.9 Å². The summed E-state index contributed by atoms with van der Waals surface area (Å²) in [6, 6.07) is 4.28. The van der Waals surface area contributed by atoms with Crippen LogP contribution < -0.4 is 5.32 Å². The van der Waals surface area contributed by atoms with Gasteiger partial charge in [0.05, 0.1) is 6.54 Å². The number of hydrogen-bond donors (Lipinski definition) is 1. The smallest absolute Gasteiger partial charge is 0.193 e. The molecule has 0 aliphatic heterocycles. The molecular weight excluding hydrogens is 333 g/mol. The zero-order chi connectivity index (χ0) is 11.3. The highest BCUT2D eigenvalue weighted by molar-refractivity contribution is 14.0. The van der Waals surface area contributed by atoms with Crippen molar-refractivity contribution in [2.24, 2.45) is 4.99 Å². The molecule has 0 radical (unpaired) electrons. The average molecular weight is 353 g/mol. The summed E-state index contributed by atoms with van der Waals surface area (Å²) in [7, 11) is 4.00. The van der Waals surface area contributed by atoms with Gasteiger partial charge >= 0.3 is 0 Å². The molecule has 0 atom stereocenters. The van der Waals surface area contributed by atoms with Gasteiger partial charge in [-0.05, 0) is 26.0 Å². The van der Waals surface area contributed by atoms with Gasteiger partial charge in [0.25, 0.3) is 0 Å². The van der Waals surface area contributed by atoms with Crippen LogP contribution in [0, 0.1) is 6.92 Å². The van der Waals surface area contributed by atoms with Crippen LogP contribution in [0.5, 0.6) is 0 Å². The van der Waals surface area contributed by atoms with Crippen LogP contribution in [-0.4, -0.2) is 31.5 Å². The van der Waals surface area contributed by atoms with Crippen LogP contribution in [0.25, 0.3) is 0 Å². The van der Waals surface area contributed by atoms with Gasteiger partial charge < -0.3 is 10.2 Å². The molecule has 0 fully saturated rings. The minimum absolute atomic E-state index is 0. The summed E-state index contributed by atoms with van der Waals surface area (Å²) in [5.74, 6) is 0.948. The second kappa shape index (κ2) is 7.89. The number of aliphatic imine (C=N–C) groups is 1. The first-order chi connectivity index (χ1) is 7.13. The molecule has 0 bridgehead atoms. The number of thiophene rings is 1. The quantitative estimate of drug-likeness (QED) is 0.514. The number of nitrogens with one attached hydrogen (secondary N) is 1. The Hall–Kier alpha value is -0.300. The van der Waals surface area contributed by atoms with Crippen LogP contribution in [0.2, 0.25) is 0 Å². The molecule has 0 saturated carbocycles. The molecule has 1 aromatic heterocycles.